The fraction of sp³-hybridized carbons (Fsp3) is 0.941. The van der Waals surface area contributed by atoms with Crippen LogP contribution in [0.4, 0.5) is 0 Å². The van der Waals surface area contributed by atoms with Crippen LogP contribution in [0.25, 0.3) is 0 Å². The van der Waals surface area contributed by atoms with E-state index < -0.39 is 5.97 Å². The fourth-order valence-corrected chi connectivity index (χ4v) is 5.00. The van der Waals surface area contributed by atoms with Crippen molar-refractivity contribution in [3.8, 4) is 0 Å². The van der Waals surface area contributed by atoms with E-state index in [1.165, 1.54) is 45.1 Å². The van der Waals surface area contributed by atoms with Crippen LogP contribution in [0.1, 0.15) is 58.3 Å². The van der Waals surface area contributed by atoms with Gasteiger partial charge in [-0.3, -0.25) is 9.69 Å². The average molecular weight is 294 g/mol. The smallest absolute Gasteiger partial charge is 0.320 e. The summed E-state index contributed by atoms with van der Waals surface area (Å²) in [5.41, 5.74) is 0. The predicted molar refractivity (Wildman–Crippen MR) is 83.4 cm³/mol. The Morgan fingerprint density at radius 3 is 2.67 bits per heavy atom. The summed E-state index contributed by atoms with van der Waals surface area (Å²) in [7, 11) is 0. The maximum atomic E-state index is 11.8. The van der Waals surface area contributed by atoms with Crippen LogP contribution in [0.3, 0.4) is 0 Å². The Kier molecular flexibility index (Phi) is 4.85. The summed E-state index contributed by atoms with van der Waals surface area (Å²) < 4.78 is 0. The third-order valence-corrected chi connectivity index (χ3v) is 6.08. The minimum atomic E-state index is -0.582. The van der Waals surface area contributed by atoms with Gasteiger partial charge in [-0.15, -0.1) is 0 Å². The van der Waals surface area contributed by atoms with E-state index in [9.17, 15) is 9.90 Å². The van der Waals surface area contributed by atoms with Crippen LogP contribution in [-0.2, 0) is 4.79 Å². The normalized spacial score (nSPS) is 38.9. The van der Waals surface area contributed by atoms with Crippen LogP contribution in [-0.4, -0.2) is 58.6 Å². The highest BCUT2D eigenvalue weighted by Gasteiger charge is 2.47. The van der Waals surface area contributed by atoms with Gasteiger partial charge in [0, 0.05) is 12.1 Å². The molecule has 4 heteroatoms. The van der Waals surface area contributed by atoms with Gasteiger partial charge in [-0.1, -0.05) is 19.8 Å². The molecule has 0 radical (unpaired) electrons. The lowest BCUT2D eigenvalue weighted by Crippen LogP contribution is -2.48. The molecule has 21 heavy (non-hydrogen) atoms. The summed E-state index contributed by atoms with van der Waals surface area (Å²) in [6.07, 6.45) is 9.52. The molecule has 0 bridgehead atoms. The molecule has 0 aromatic carbocycles. The minimum Gasteiger partial charge on any atom is -0.480 e. The van der Waals surface area contributed by atoms with E-state index in [-0.39, 0.29) is 6.04 Å². The number of hydrogen-bond donors (Lipinski definition) is 1. The van der Waals surface area contributed by atoms with Crippen molar-refractivity contribution in [2.45, 2.75) is 76.4 Å². The highest BCUT2D eigenvalue weighted by molar-refractivity contribution is 5.74. The zero-order chi connectivity index (χ0) is 14.8. The molecular weight excluding hydrogens is 264 g/mol. The number of nitrogens with zero attached hydrogens (tertiary/aromatic N) is 2. The molecule has 2 heterocycles. The van der Waals surface area contributed by atoms with Gasteiger partial charge >= 0.3 is 5.97 Å². The van der Waals surface area contributed by atoms with Gasteiger partial charge in [-0.2, -0.15) is 0 Å². The topological polar surface area (TPSA) is 43.8 Å². The van der Waals surface area contributed by atoms with Crippen molar-refractivity contribution in [3.05, 3.63) is 0 Å². The quantitative estimate of drug-likeness (QED) is 0.869. The highest BCUT2D eigenvalue weighted by atomic mass is 16.4. The number of aliphatic carboxylic acids is 1. The first-order chi connectivity index (χ1) is 10.2. The maximum absolute atomic E-state index is 11.8. The molecule has 0 aromatic heterocycles. The lowest BCUT2D eigenvalue weighted by Gasteiger charge is -2.38. The first kappa shape index (κ1) is 15.3. The van der Waals surface area contributed by atoms with Crippen molar-refractivity contribution in [2.75, 3.05) is 19.6 Å². The van der Waals surface area contributed by atoms with Crippen molar-refractivity contribution in [3.63, 3.8) is 0 Å². The molecule has 4 nitrogen and oxygen atoms in total. The van der Waals surface area contributed by atoms with Crippen LogP contribution in [0.15, 0.2) is 0 Å². The van der Waals surface area contributed by atoms with E-state index in [1.54, 1.807) is 0 Å². The van der Waals surface area contributed by atoms with Gasteiger partial charge in [0.2, 0.25) is 0 Å². The van der Waals surface area contributed by atoms with Gasteiger partial charge < -0.3 is 10.0 Å². The van der Waals surface area contributed by atoms with Gasteiger partial charge in [0.15, 0.2) is 0 Å². The Morgan fingerprint density at radius 1 is 1.10 bits per heavy atom. The van der Waals surface area contributed by atoms with E-state index in [1.807, 2.05) is 0 Å². The van der Waals surface area contributed by atoms with Crippen molar-refractivity contribution in [1.82, 2.24) is 9.80 Å². The van der Waals surface area contributed by atoms with Gasteiger partial charge in [0.25, 0.3) is 0 Å². The van der Waals surface area contributed by atoms with Crippen molar-refractivity contribution in [1.29, 1.82) is 0 Å². The molecule has 120 valence electrons. The monoisotopic (exact) mass is 294 g/mol. The van der Waals surface area contributed by atoms with Gasteiger partial charge in [-0.25, -0.2) is 0 Å². The molecule has 3 aliphatic rings. The van der Waals surface area contributed by atoms with Gasteiger partial charge in [0.05, 0.1) is 0 Å². The number of hydrogen-bond acceptors (Lipinski definition) is 3. The molecule has 2 aliphatic heterocycles. The van der Waals surface area contributed by atoms with Crippen LogP contribution in [0, 0.1) is 5.92 Å². The molecule has 1 saturated carbocycles. The van der Waals surface area contributed by atoms with E-state index in [0.29, 0.717) is 18.0 Å². The van der Waals surface area contributed by atoms with E-state index in [4.69, 9.17) is 0 Å². The number of rotatable bonds is 3. The summed E-state index contributed by atoms with van der Waals surface area (Å²) in [6, 6.07) is 0.838. The fourth-order valence-electron chi connectivity index (χ4n) is 5.00. The van der Waals surface area contributed by atoms with Gasteiger partial charge in [0.1, 0.15) is 6.04 Å². The number of carboxylic acid groups (broad SMARTS) is 1. The first-order valence-electron chi connectivity index (χ1n) is 8.93. The lowest BCUT2D eigenvalue weighted by molar-refractivity contribution is -0.143. The third-order valence-electron chi connectivity index (χ3n) is 6.08. The largest absolute Gasteiger partial charge is 0.480 e. The van der Waals surface area contributed by atoms with E-state index in [2.05, 4.69) is 16.7 Å². The van der Waals surface area contributed by atoms with E-state index >= 15 is 0 Å². The number of carboxylic acids is 1. The SMILES string of the molecule is CCN1CCCC(N2C(C(=O)O)CC3CCCCC32)CC1. The van der Waals surface area contributed by atoms with E-state index in [0.717, 1.165) is 25.9 Å². The summed E-state index contributed by atoms with van der Waals surface area (Å²) in [5.74, 6) is 0.0615. The zero-order valence-electron chi connectivity index (χ0n) is 13.3. The molecular formula is C17H30N2O2. The molecule has 4 unspecified atom stereocenters. The van der Waals surface area contributed by atoms with Crippen LogP contribution >= 0.6 is 0 Å². The second-order valence-electron chi connectivity index (χ2n) is 7.17. The lowest BCUT2D eigenvalue weighted by atomic mass is 9.84. The summed E-state index contributed by atoms with van der Waals surface area (Å²) in [6.45, 7) is 5.68. The van der Waals surface area contributed by atoms with Crippen LogP contribution in [0.5, 0.6) is 0 Å². The van der Waals surface area contributed by atoms with Crippen molar-refractivity contribution in [2.24, 2.45) is 5.92 Å². The molecule has 0 spiro atoms. The second-order valence-corrected chi connectivity index (χ2v) is 7.17. The summed E-state index contributed by atoms with van der Waals surface area (Å²) in [4.78, 5) is 16.7. The molecule has 2 saturated heterocycles. The number of carbonyl (C=O) groups is 1. The molecule has 3 fully saturated rings. The van der Waals surface area contributed by atoms with Crippen LogP contribution in [0.2, 0.25) is 0 Å². The molecule has 3 rings (SSSR count). The van der Waals surface area contributed by atoms with Crippen molar-refractivity contribution >= 4 is 5.97 Å². The molecule has 1 N–H and O–H groups in total. The standard InChI is InChI=1S/C17H30N2O2/c1-2-18-10-5-7-14(9-11-18)19-15-8-4-3-6-13(15)12-16(19)17(20)21/h13-16H,2-12H2,1H3,(H,20,21). The first-order valence-corrected chi connectivity index (χ1v) is 8.93. The molecule has 1 aliphatic carbocycles. The Hall–Kier alpha value is -0.610. The number of likely N-dealkylation sites (tertiary alicyclic amines) is 2. The average Bonchev–Trinajstić information content (AvgIpc) is 2.72. The molecule has 0 aromatic rings. The summed E-state index contributed by atoms with van der Waals surface area (Å²) in [5, 5.41) is 9.68. The second kappa shape index (κ2) is 6.66. The summed E-state index contributed by atoms with van der Waals surface area (Å²) >= 11 is 0. The highest BCUT2D eigenvalue weighted by Crippen LogP contribution is 2.42. The van der Waals surface area contributed by atoms with Crippen molar-refractivity contribution < 1.29 is 9.90 Å². The number of fused-ring (bicyclic) bond motifs is 1. The third kappa shape index (κ3) is 3.11. The predicted octanol–water partition coefficient (Wildman–Crippen LogP) is 2.58. The Labute approximate surface area is 128 Å². The Morgan fingerprint density at radius 2 is 1.90 bits per heavy atom. The Bertz CT molecular complexity index is 374. The van der Waals surface area contributed by atoms with Crippen LogP contribution < -0.4 is 0 Å². The van der Waals surface area contributed by atoms with Gasteiger partial charge in [-0.05, 0) is 64.1 Å². The minimum absolute atomic E-state index is 0.212. The molecule has 4 atom stereocenters. The Balaban J connectivity index is 1.74. The zero-order valence-corrected chi connectivity index (χ0v) is 13.3. The maximum Gasteiger partial charge on any atom is 0.320 e. The molecule has 0 amide bonds.